The average Bonchev–Trinajstić information content (AvgIpc) is 2.67. The summed E-state index contributed by atoms with van der Waals surface area (Å²) in [7, 11) is 1.94. The third kappa shape index (κ3) is 3.03. The minimum absolute atomic E-state index is 0.700. The first kappa shape index (κ1) is 12.5. The van der Waals surface area contributed by atoms with Gasteiger partial charge in [-0.15, -0.1) is 0 Å². The van der Waals surface area contributed by atoms with E-state index in [0.29, 0.717) is 6.61 Å². The van der Waals surface area contributed by atoms with Crippen LogP contribution >= 0.6 is 0 Å². The zero-order valence-electron chi connectivity index (χ0n) is 11.1. The molecule has 4 heteroatoms. The van der Waals surface area contributed by atoms with E-state index >= 15 is 0 Å². The highest BCUT2D eigenvalue weighted by atomic mass is 16.5. The number of nitrogens with one attached hydrogen (secondary N) is 1. The quantitative estimate of drug-likeness (QED) is 0.880. The van der Waals surface area contributed by atoms with E-state index in [1.165, 1.54) is 5.56 Å². The maximum Gasteiger partial charge on any atom is 0.124 e. The van der Waals surface area contributed by atoms with E-state index in [0.717, 1.165) is 23.8 Å². The van der Waals surface area contributed by atoms with Crippen molar-refractivity contribution in [2.45, 2.75) is 20.4 Å². The topological polar surface area (TPSA) is 39.1 Å². The van der Waals surface area contributed by atoms with Crippen molar-refractivity contribution >= 4 is 5.82 Å². The molecule has 2 aromatic rings. The largest absolute Gasteiger partial charge is 0.494 e. The molecule has 0 saturated heterocycles. The predicted molar refractivity (Wildman–Crippen MR) is 72.9 cm³/mol. The number of nitrogens with zero attached hydrogens (tertiary/aromatic N) is 2. The molecular formula is C14H19N3O. The Bertz CT molecular complexity index is 502. The maximum absolute atomic E-state index is 5.41. The first-order chi connectivity index (χ1) is 8.69. The Kier molecular flexibility index (Phi) is 3.87. The molecule has 2 rings (SSSR count). The third-order valence-electron chi connectivity index (χ3n) is 2.71. The predicted octanol–water partition coefficient (Wildman–Crippen LogP) is 2.74. The van der Waals surface area contributed by atoms with Crippen LogP contribution in [0.25, 0.3) is 0 Å². The Morgan fingerprint density at radius 1 is 1.28 bits per heavy atom. The summed E-state index contributed by atoms with van der Waals surface area (Å²) < 4.78 is 7.26. The molecule has 0 saturated carbocycles. The highest BCUT2D eigenvalue weighted by Crippen LogP contribution is 2.14. The highest BCUT2D eigenvalue weighted by molar-refractivity contribution is 5.38. The number of aromatic nitrogens is 2. The molecule has 0 unspecified atom stereocenters. The SMILES string of the molecule is CCOc1ccc(CNc2cc(C)nn2C)cc1. The fourth-order valence-corrected chi connectivity index (χ4v) is 1.84. The third-order valence-corrected chi connectivity index (χ3v) is 2.71. The molecule has 0 spiro atoms. The zero-order valence-corrected chi connectivity index (χ0v) is 11.1. The summed E-state index contributed by atoms with van der Waals surface area (Å²) in [5.41, 5.74) is 2.24. The number of benzene rings is 1. The number of rotatable bonds is 5. The average molecular weight is 245 g/mol. The second kappa shape index (κ2) is 5.58. The van der Waals surface area contributed by atoms with Crippen molar-refractivity contribution in [3.63, 3.8) is 0 Å². The molecule has 96 valence electrons. The number of hydrogen-bond acceptors (Lipinski definition) is 3. The minimum Gasteiger partial charge on any atom is -0.494 e. The van der Waals surface area contributed by atoms with Crippen LogP contribution in [-0.2, 0) is 13.6 Å². The van der Waals surface area contributed by atoms with Gasteiger partial charge in [-0.05, 0) is 31.5 Å². The van der Waals surface area contributed by atoms with Gasteiger partial charge in [0.2, 0.25) is 0 Å². The van der Waals surface area contributed by atoms with Crippen molar-refractivity contribution in [2.24, 2.45) is 7.05 Å². The van der Waals surface area contributed by atoms with Gasteiger partial charge in [-0.25, -0.2) is 0 Å². The van der Waals surface area contributed by atoms with Gasteiger partial charge in [0.15, 0.2) is 0 Å². The molecule has 1 aromatic heterocycles. The lowest BCUT2D eigenvalue weighted by molar-refractivity contribution is 0.340. The second-order valence-electron chi connectivity index (χ2n) is 4.23. The van der Waals surface area contributed by atoms with Gasteiger partial charge in [-0.1, -0.05) is 12.1 Å². The molecule has 1 heterocycles. The Labute approximate surface area is 108 Å². The van der Waals surface area contributed by atoms with Gasteiger partial charge in [0.05, 0.1) is 12.3 Å². The fraction of sp³-hybridized carbons (Fsp3) is 0.357. The number of ether oxygens (including phenoxy) is 1. The summed E-state index contributed by atoms with van der Waals surface area (Å²) >= 11 is 0. The van der Waals surface area contributed by atoms with Crippen LogP contribution in [0.5, 0.6) is 5.75 Å². The summed E-state index contributed by atoms with van der Waals surface area (Å²) in [6.45, 7) is 5.46. The molecule has 1 aromatic carbocycles. The summed E-state index contributed by atoms with van der Waals surface area (Å²) in [5, 5.41) is 7.66. The standard InChI is InChI=1S/C14H19N3O/c1-4-18-13-7-5-12(6-8-13)10-15-14-9-11(2)16-17(14)3/h5-9,15H,4,10H2,1-3H3. The molecule has 0 atom stereocenters. The molecule has 4 nitrogen and oxygen atoms in total. The van der Waals surface area contributed by atoms with Crippen LogP contribution in [0.15, 0.2) is 30.3 Å². The molecule has 0 aliphatic heterocycles. The van der Waals surface area contributed by atoms with Crippen molar-refractivity contribution in [1.29, 1.82) is 0 Å². The van der Waals surface area contributed by atoms with Crippen LogP contribution in [0.1, 0.15) is 18.2 Å². The second-order valence-corrected chi connectivity index (χ2v) is 4.23. The van der Waals surface area contributed by atoms with Crippen LogP contribution in [0, 0.1) is 6.92 Å². The molecule has 0 fully saturated rings. The van der Waals surface area contributed by atoms with E-state index in [1.54, 1.807) is 0 Å². The van der Waals surface area contributed by atoms with Gasteiger partial charge in [-0.2, -0.15) is 5.10 Å². The van der Waals surface area contributed by atoms with Crippen LogP contribution < -0.4 is 10.1 Å². The lowest BCUT2D eigenvalue weighted by atomic mass is 10.2. The first-order valence-corrected chi connectivity index (χ1v) is 6.15. The van der Waals surface area contributed by atoms with Gasteiger partial charge >= 0.3 is 0 Å². The summed E-state index contributed by atoms with van der Waals surface area (Å²) in [6.07, 6.45) is 0. The van der Waals surface area contributed by atoms with Gasteiger partial charge in [0.25, 0.3) is 0 Å². The molecule has 18 heavy (non-hydrogen) atoms. The fourth-order valence-electron chi connectivity index (χ4n) is 1.84. The van der Waals surface area contributed by atoms with Gasteiger partial charge in [0.1, 0.15) is 11.6 Å². The van der Waals surface area contributed by atoms with E-state index in [2.05, 4.69) is 22.5 Å². The summed E-state index contributed by atoms with van der Waals surface area (Å²) in [5.74, 6) is 1.94. The summed E-state index contributed by atoms with van der Waals surface area (Å²) in [4.78, 5) is 0. The molecule has 0 aliphatic carbocycles. The lowest BCUT2D eigenvalue weighted by Gasteiger charge is -2.07. The van der Waals surface area contributed by atoms with Crippen LogP contribution in [-0.4, -0.2) is 16.4 Å². The molecule has 1 N–H and O–H groups in total. The Morgan fingerprint density at radius 3 is 2.56 bits per heavy atom. The van der Waals surface area contributed by atoms with Crippen LogP contribution in [0.3, 0.4) is 0 Å². The van der Waals surface area contributed by atoms with Gasteiger partial charge < -0.3 is 10.1 Å². The molecule has 0 amide bonds. The molecule has 0 radical (unpaired) electrons. The maximum atomic E-state index is 5.41. The minimum atomic E-state index is 0.700. The number of aryl methyl sites for hydroxylation is 2. The van der Waals surface area contributed by atoms with E-state index in [4.69, 9.17) is 4.74 Å². The van der Waals surface area contributed by atoms with Crippen LogP contribution in [0.4, 0.5) is 5.82 Å². The Hall–Kier alpha value is -1.97. The Morgan fingerprint density at radius 2 is 2.00 bits per heavy atom. The number of hydrogen-bond donors (Lipinski definition) is 1. The smallest absolute Gasteiger partial charge is 0.124 e. The molecule has 0 bridgehead atoms. The van der Waals surface area contributed by atoms with E-state index < -0.39 is 0 Å². The van der Waals surface area contributed by atoms with E-state index in [1.807, 2.05) is 43.8 Å². The first-order valence-electron chi connectivity index (χ1n) is 6.15. The van der Waals surface area contributed by atoms with Crippen LogP contribution in [0.2, 0.25) is 0 Å². The van der Waals surface area contributed by atoms with E-state index in [-0.39, 0.29) is 0 Å². The Balaban J connectivity index is 1.95. The normalized spacial score (nSPS) is 10.4. The van der Waals surface area contributed by atoms with E-state index in [9.17, 15) is 0 Å². The lowest BCUT2D eigenvalue weighted by Crippen LogP contribution is -2.04. The van der Waals surface area contributed by atoms with Crippen molar-refractivity contribution in [3.05, 3.63) is 41.6 Å². The monoisotopic (exact) mass is 245 g/mol. The van der Waals surface area contributed by atoms with Crippen molar-refractivity contribution in [1.82, 2.24) is 9.78 Å². The van der Waals surface area contributed by atoms with Crippen molar-refractivity contribution < 1.29 is 4.74 Å². The molecular weight excluding hydrogens is 226 g/mol. The highest BCUT2D eigenvalue weighted by Gasteiger charge is 2.01. The zero-order chi connectivity index (χ0) is 13.0. The van der Waals surface area contributed by atoms with Crippen molar-refractivity contribution in [2.75, 3.05) is 11.9 Å². The van der Waals surface area contributed by atoms with Crippen molar-refractivity contribution in [3.8, 4) is 5.75 Å². The van der Waals surface area contributed by atoms with Gasteiger partial charge in [-0.3, -0.25) is 4.68 Å². The van der Waals surface area contributed by atoms with Gasteiger partial charge in [0, 0.05) is 19.7 Å². The number of anilines is 1. The molecule has 0 aliphatic rings. The summed E-state index contributed by atoms with van der Waals surface area (Å²) in [6, 6.07) is 10.2.